The molecule has 0 aliphatic heterocycles. The van der Waals surface area contributed by atoms with Gasteiger partial charge in [-0.25, -0.2) is 12.8 Å². The normalized spacial score (nSPS) is 11.3. The van der Waals surface area contributed by atoms with E-state index in [1.54, 1.807) is 0 Å². The Balaban J connectivity index is 2.60. The number of halogens is 3. The standard InChI is InChI=1S/C14H11Cl2FN2O3S/c15-10-6-5-9(7-11(10)16)23(21,22)19(8-14(18)20)13-4-2-1-3-12(13)17/h1-7H,8H2,(H2,18,20). The number of benzene rings is 2. The topological polar surface area (TPSA) is 80.5 Å². The van der Waals surface area contributed by atoms with Crippen LogP contribution < -0.4 is 10.0 Å². The molecule has 5 nitrogen and oxygen atoms in total. The fourth-order valence-corrected chi connectivity index (χ4v) is 3.69. The van der Waals surface area contributed by atoms with E-state index in [0.717, 1.165) is 12.1 Å². The molecule has 0 bridgehead atoms. The predicted octanol–water partition coefficient (Wildman–Crippen LogP) is 2.81. The lowest BCUT2D eigenvalue weighted by atomic mass is 10.3. The Morgan fingerprint density at radius 2 is 1.78 bits per heavy atom. The largest absolute Gasteiger partial charge is 0.368 e. The molecular weight excluding hydrogens is 366 g/mol. The molecule has 0 aliphatic rings. The average Bonchev–Trinajstić information content (AvgIpc) is 2.48. The summed E-state index contributed by atoms with van der Waals surface area (Å²) in [6.07, 6.45) is 0. The van der Waals surface area contributed by atoms with Gasteiger partial charge in [-0.2, -0.15) is 0 Å². The molecule has 9 heteroatoms. The first-order chi connectivity index (χ1) is 10.7. The van der Waals surface area contributed by atoms with E-state index in [1.807, 2.05) is 0 Å². The molecule has 0 saturated carbocycles. The summed E-state index contributed by atoms with van der Waals surface area (Å²) in [5.41, 5.74) is 4.80. The minimum atomic E-state index is -4.26. The summed E-state index contributed by atoms with van der Waals surface area (Å²) in [4.78, 5) is 11.0. The summed E-state index contributed by atoms with van der Waals surface area (Å²) in [5, 5.41) is 0.179. The molecule has 0 aromatic heterocycles. The highest BCUT2D eigenvalue weighted by molar-refractivity contribution is 7.92. The number of primary amides is 1. The lowest BCUT2D eigenvalue weighted by Crippen LogP contribution is -2.39. The van der Waals surface area contributed by atoms with Crippen LogP contribution in [0.3, 0.4) is 0 Å². The zero-order valence-corrected chi connectivity index (χ0v) is 13.9. The summed E-state index contributed by atoms with van der Waals surface area (Å²) in [7, 11) is -4.26. The predicted molar refractivity (Wildman–Crippen MR) is 86.6 cm³/mol. The van der Waals surface area contributed by atoms with Crippen LogP contribution >= 0.6 is 23.2 Å². The number of hydrogen-bond donors (Lipinski definition) is 1. The Bertz CT molecular complexity index is 859. The zero-order chi connectivity index (χ0) is 17.2. The SMILES string of the molecule is NC(=O)CN(c1ccccc1F)S(=O)(=O)c1ccc(Cl)c(Cl)c1. The van der Waals surface area contributed by atoms with E-state index in [0.29, 0.717) is 4.31 Å². The van der Waals surface area contributed by atoms with Crippen molar-refractivity contribution < 1.29 is 17.6 Å². The summed E-state index contributed by atoms with van der Waals surface area (Å²) in [5.74, 6) is -1.74. The molecule has 0 unspecified atom stereocenters. The molecule has 0 atom stereocenters. The summed E-state index contributed by atoms with van der Waals surface area (Å²) < 4.78 is 40.0. The van der Waals surface area contributed by atoms with Gasteiger partial charge < -0.3 is 5.73 Å². The fraction of sp³-hybridized carbons (Fsp3) is 0.0714. The minimum absolute atomic E-state index is 0.0142. The number of para-hydroxylation sites is 1. The van der Waals surface area contributed by atoms with Crippen molar-refractivity contribution in [2.45, 2.75) is 4.90 Å². The highest BCUT2D eigenvalue weighted by Crippen LogP contribution is 2.30. The van der Waals surface area contributed by atoms with Crippen molar-refractivity contribution in [1.82, 2.24) is 0 Å². The maximum Gasteiger partial charge on any atom is 0.264 e. The first-order valence-corrected chi connectivity index (χ1v) is 8.43. The van der Waals surface area contributed by atoms with E-state index < -0.39 is 28.3 Å². The van der Waals surface area contributed by atoms with Crippen LogP contribution in [0.5, 0.6) is 0 Å². The Kier molecular flexibility index (Phi) is 5.13. The van der Waals surface area contributed by atoms with Gasteiger partial charge >= 0.3 is 0 Å². The lowest BCUT2D eigenvalue weighted by Gasteiger charge is -2.23. The Hall–Kier alpha value is -1.83. The highest BCUT2D eigenvalue weighted by atomic mass is 35.5. The summed E-state index contributed by atoms with van der Waals surface area (Å²) in [6.45, 7) is -0.719. The number of carbonyl (C=O) groups excluding carboxylic acids is 1. The van der Waals surface area contributed by atoms with Gasteiger partial charge in [0.2, 0.25) is 5.91 Å². The number of sulfonamides is 1. The Labute approximate surface area is 142 Å². The van der Waals surface area contributed by atoms with Crippen LogP contribution in [-0.4, -0.2) is 20.9 Å². The molecule has 0 heterocycles. The summed E-state index contributed by atoms with van der Waals surface area (Å²) in [6, 6.07) is 8.76. The quantitative estimate of drug-likeness (QED) is 0.870. The second kappa shape index (κ2) is 6.74. The van der Waals surface area contributed by atoms with Crippen LogP contribution in [0, 0.1) is 5.82 Å². The number of carbonyl (C=O) groups is 1. The average molecular weight is 377 g/mol. The van der Waals surface area contributed by atoms with E-state index in [-0.39, 0.29) is 20.6 Å². The number of nitrogens with two attached hydrogens (primary N) is 1. The molecule has 2 aromatic carbocycles. The van der Waals surface area contributed by atoms with Crippen molar-refractivity contribution in [1.29, 1.82) is 0 Å². The molecule has 23 heavy (non-hydrogen) atoms. The van der Waals surface area contributed by atoms with Gasteiger partial charge in [0.15, 0.2) is 0 Å². The summed E-state index contributed by atoms with van der Waals surface area (Å²) >= 11 is 11.6. The van der Waals surface area contributed by atoms with Crippen LogP contribution in [0.1, 0.15) is 0 Å². The van der Waals surface area contributed by atoms with Crippen molar-refractivity contribution in [3.63, 3.8) is 0 Å². The molecule has 0 spiro atoms. The lowest BCUT2D eigenvalue weighted by molar-refractivity contribution is -0.116. The van der Waals surface area contributed by atoms with Crippen molar-refractivity contribution in [3.05, 3.63) is 58.3 Å². The van der Waals surface area contributed by atoms with E-state index in [9.17, 15) is 17.6 Å². The number of hydrogen-bond acceptors (Lipinski definition) is 3. The van der Waals surface area contributed by atoms with Crippen molar-refractivity contribution >= 4 is 44.8 Å². The third-order valence-corrected chi connectivity index (χ3v) is 5.39. The first-order valence-electron chi connectivity index (χ1n) is 6.24. The van der Waals surface area contributed by atoms with E-state index in [4.69, 9.17) is 28.9 Å². The number of nitrogens with zero attached hydrogens (tertiary/aromatic N) is 1. The molecule has 0 fully saturated rings. The smallest absolute Gasteiger partial charge is 0.264 e. The molecule has 0 aliphatic carbocycles. The molecular formula is C14H11Cl2FN2O3S. The second-order valence-electron chi connectivity index (χ2n) is 4.51. The first kappa shape index (κ1) is 17.5. The van der Waals surface area contributed by atoms with Gasteiger partial charge in [-0.3, -0.25) is 9.10 Å². The van der Waals surface area contributed by atoms with Crippen LogP contribution in [0.4, 0.5) is 10.1 Å². The van der Waals surface area contributed by atoms with Crippen molar-refractivity contribution in [2.24, 2.45) is 5.73 Å². The van der Waals surface area contributed by atoms with Crippen LogP contribution in [0.25, 0.3) is 0 Å². The number of amides is 1. The number of rotatable bonds is 5. The number of anilines is 1. The van der Waals surface area contributed by atoms with Crippen LogP contribution in [-0.2, 0) is 14.8 Å². The zero-order valence-electron chi connectivity index (χ0n) is 11.5. The van der Waals surface area contributed by atoms with Crippen molar-refractivity contribution in [3.8, 4) is 0 Å². The maximum absolute atomic E-state index is 14.0. The fourth-order valence-electron chi connectivity index (χ4n) is 1.86. The monoisotopic (exact) mass is 376 g/mol. The van der Waals surface area contributed by atoms with Gasteiger partial charge in [0.25, 0.3) is 10.0 Å². The van der Waals surface area contributed by atoms with Gasteiger partial charge in [0, 0.05) is 0 Å². The molecule has 2 N–H and O–H groups in total. The molecule has 0 radical (unpaired) electrons. The van der Waals surface area contributed by atoms with Crippen LogP contribution in [0.15, 0.2) is 47.4 Å². The van der Waals surface area contributed by atoms with E-state index >= 15 is 0 Å². The minimum Gasteiger partial charge on any atom is -0.368 e. The van der Waals surface area contributed by atoms with Gasteiger partial charge in [-0.05, 0) is 30.3 Å². The third kappa shape index (κ3) is 3.74. The van der Waals surface area contributed by atoms with Gasteiger partial charge in [0.1, 0.15) is 12.4 Å². The second-order valence-corrected chi connectivity index (χ2v) is 7.18. The van der Waals surface area contributed by atoms with Crippen LogP contribution in [0.2, 0.25) is 10.0 Å². The molecule has 2 aromatic rings. The molecule has 2 rings (SSSR count). The van der Waals surface area contributed by atoms with Gasteiger partial charge in [-0.15, -0.1) is 0 Å². The molecule has 122 valence electrons. The maximum atomic E-state index is 14.0. The van der Waals surface area contributed by atoms with E-state index in [1.165, 1.54) is 30.3 Å². The van der Waals surface area contributed by atoms with Gasteiger partial charge in [0.05, 0.1) is 20.6 Å². The van der Waals surface area contributed by atoms with Gasteiger partial charge in [-0.1, -0.05) is 35.3 Å². The molecule has 0 saturated heterocycles. The molecule has 1 amide bonds. The Morgan fingerprint density at radius 1 is 1.13 bits per heavy atom. The Morgan fingerprint density at radius 3 is 2.35 bits per heavy atom. The highest BCUT2D eigenvalue weighted by Gasteiger charge is 2.28. The third-order valence-electron chi connectivity index (χ3n) is 2.90. The van der Waals surface area contributed by atoms with E-state index in [2.05, 4.69) is 0 Å². The van der Waals surface area contributed by atoms with Crippen molar-refractivity contribution in [2.75, 3.05) is 10.8 Å².